The van der Waals surface area contributed by atoms with Crippen LogP contribution in [0.25, 0.3) is 0 Å². The number of aryl methyl sites for hydroxylation is 1. The van der Waals surface area contributed by atoms with Gasteiger partial charge in [0.1, 0.15) is 6.54 Å². The molecule has 3 rings (SSSR count). The highest BCUT2D eigenvalue weighted by molar-refractivity contribution is 7.92. The maximum atomic E-state index is 13.5. The first kappa shape index (κ1) is 28.0. The number of rotatable bonds is 8. The van der Waals surface area contributed by atoms with E-state index in [1.165, 1.54) is 36.4 Å². The molecule has 196 valence electrons. The van der Waals surface area contributed by atoms with Gasteiger partial charge in [0, 0.05) is 5.69 Å². The van der Waals surface area contributed by atoms with E-state index in [0.29, 0.717) is 22.0 Å². The first-order valence-electron chi connectivity index (χ1n) is 10.9. The predicted octanol–water partition coefficient (Wildman–Crippen LogP) is 5.68. The first-order valence-corrected chi connectivity index (χ1v) is 12.7. The number of amides is 1. The minimum absolute atomic E-state index is 0.137. The molecule has 0 saturated heterocycles. The van der Waals surface area contributed by atoms with Crippen LogP contribution in [0.5, 0.6) is 0 Å². The van der Waals surface area contributed by atoms with Gasteiger partial charge in [0.05, 0.1) is 33.3 Å². The van der Waals surface area contributed by atoms with Crippen molar-refractivity contribution in [1.82, 2.24) is 0 Å². The van der Waals surface area contributed by atoms with E-state index < -0.39 is 45.9 Å². The normalized spacial score (nSPS) is 11.6. The molecule has 1 amide bonds. The molecule has 0 aliphatic heterocycles. The molecule has 0 saturated carbocycles. The Hall–Kier alpha value is -3.57. The van der Waals surface area contributed by atoms with Crippen molar-refractivity contribution in [3.8, 4) is 0 Å². The largest absolute Gasteiger partial charge is 0.462 e. The second-order valence-corrected chi connectivity index (χ2v) is 10.1. The number of nitrogens with zero attached hydrogens (tertiary/aromatic N) is 1. The number of hydrogen-bond donors (Lipinski definition) is 1. The van der Waals surface area contributed by atoms with Crippen molar-refractivity contribution in [2.75, 3.05) is 22.8 Å². The maximum absolute atomic E-state index is 13.5. The zero-order valence-electron chi connectivity index (χ0n) is 19.7. The van der Waals surface area contributed by atoms with Crippen LogP contribution in [0.15, 0.2) is 71.6 Å². The molecule has 0 atom stereocenters. The predicted molar refractivity (Wildman–Crippen MR) is 133 cm³/mol. The summed E-state index contributed by atoms with van der Waals surface area (Å²) in [6.07, 6.45) is -4.78. The van der Waals surface area contributed by atoms with E-state index in [0.717, 1.165) is 6.07 Å². The molecule has 37 heavy (non-hydrogen) atoms. The maximum Gasteiger partial charge on any atom is 0.416 e. The number of alkyl halides is 3. The van der Waals surface area contributed by atoms with E-state index in [1.54, 1.807) is 26.0 Å². The van der Waals surface area contributed by atoms with E-state index in [-0.39, 0.29) is 27.8 Å². The Morgan fingerprint density at radius 2 is 1.70 bits per heavy atom. The zero-order chi connectivity index (χ0) is 27.4. The Kier molecular flexibility index (Phi) is 8.49. The standard InChI is InChI=1S/C25H22ClF3N2O5S/c1-3-36-24(33)17-10-9-16(2)21(13-17)30-23(32)15-31(37(34,35)19-7-5-4-6-8-19)22-14-18(25(27,28)29)11-12-20(22)26/h4-14H,3,15H2,1-2H3,(H,30,32). The number of hydrogen-bond acceptors (Lipinski definition) is 5. The van der Waals surface area contributed by atoms with Crippen LogP contribution in [0, 0.1) is 6.92 Å². The highest BCUT2D eigenvalue weighted by Crippen LogP contribution is 2.37. The molecule has 12 heteroatoms. The summed E-state index contributed by atoms with van der Waals surface area (Å²) in [6, 6.07) is 13.5. The lowest BCUT2D eigenvalue weighted by Gasteiger charge is -2.26. The number of benzene rings is 3. The fourth-order valence-corrected chi connectivity index (χ4v) is 5.04. The molecule has 7 nitrogen and oxygen atoms in total. The number of anilines is 2. The van der Waals surface area contributed by atoms with Crippen LogP contribution in [0.4, 0.5) is 24.5 Å². The molecule has 0 radical (unpaired) electrons. The lowest BCUT2D eigenvalue weighted by atomic mass is 10.1. The van der Waals surface area contributed by atoms with Crippen molar-refractivity contribution in [3.63, 3.8) is 0 Å². The molecule has 0 bridgehead atoms. The molecule has 0 aliphatic carbocycles. The van der Waals surface area contributed by atoms with Crippen LogP contribution in [0.3, 0.4) is 0 Å². The van der Waals surface area contributed by atoms with Gasteiger partial charge >= 0.3 is 12.1 Å². The van der Waals surface area contributed by atoms with Crippen LogP contribution in [0.1, 0.15) is 28.4 Å². The van der Waals surface area contributed by atoms with Gasteiger partial charge in [0.25, 0.3) is 10.0 Å². The van der Waals surface area contributed by atoms with Gasteiger partial charge in [-0.15, -0.1) is 0 Å². The Morgan fingerprint density at radius 1 is 1.03 bits per heavy atom. The number of carbonyl (C=O) groups excluding carboxylic acids is 2. The molecule has 3 aromatic rings. The second-order valence-electron chi connectivity index (χ2n) is 7.79. The van der Waals surface area contributed by atoms with Gasteiger partial charge in [-0.05, 0) is 61.9 Å². The minimum Gasteiger partial charge on any atom is -0.462 e. The zero-order valence-corrected chi connectivity index (χ0v) is 21.2. The highest BCUT2D eigenvalue weighted by atomic mass is 35.5. The topological polar surface area (TPSA) is 92.8 Å². The quantitative estimate of drug-likeness (QED) is 0.362. The summed E-state index contributed by atoms with van der Waals surface area (Å²) in [5, 5.41) is 2.21. The van der Waals surface area contributed by atoms with Gasteiger partial charge in [-0.3, -0.25) is 9.10 Å². The van der Waals surface area contributed by atoms with Crippen molar-refractivity contribution in [2.45, 2.75) is 24.9 Å². The molecule has 0 heterocycles. The van der Waals surface area contributed by atoms with Crippen LogP contribution in [-0.4, -0.2) is 33.4 Å². The van der Waals surface area contributed by atoms with E-state index in [9.17, 15) is 31.2 Å². The van der Waals surface area contributed by atoms with Gasteiger partial charge in [-0.1, -0.05) is 35.9 Å². The number of halogens is 4. The lowest BCUT2D eigenvalue weighted by molar-refractivity contribution is -0.137. The van der Waals surface area contributed by atoms with Gasteiger partial charge in [-0.2, -0.15) is 13.2 Å². The fraction of sp³-hybridized carbons (Fsp3) is 0.200. The summed E-state index contributed by atoms with van der Waals surface area (Å²) in [7, 11) is -4.52. The summed E-state index contributed by atoms with van der Waals surface area (Å²) in [5.41, 5.74) is -0.762. The minimum atomic E-state index is -4.78. The number of nitrogens with one attached hydrogen (secondary N) is 1. The van der Waals surface area contributed by atoms with Crippen molar-refractivity contribution >= 4 is 44.9 Å². The van der Waals surface area contributed by atoms with Gasteiger partial charge in [0.2, 0.25) is 5.91 Å². The molecular formula is C25H22ClF3N2O5S. The van der Waals surface area contributed by atoms with Crippen molar-refractivity contribution in [1.29, 1.82) is 0 Å². The molecule has 0 spiro atoms. The van der Waals surface area contributed by atoms with Crippen molar-refractivity contribution in [3.05, 3.63) is 88.4 Å². The molecule has 3 aromatic carbocycles. The summed E-state index contributed by atoms with van der Waals surface area (Å²) >= 11 is 6.13. The van der Waals surface area contributed by atoms with Gasteiger partial charge in [0.15, 0.2) is 0 Å². The second kappa shape index (κ2) is 11.2. The third-order valence-electron chi connectivity index (χ3n) is 5.18. The molecule has 1 N–H and O–H groups in total. The monoisotopic (exact) mass is 554 g/mol. The molecule has 0 unspecified atom stereocenters. The molecule has 0 aliphatic rings. The van der Waals surface area contributed by atoms with E-state index in [1.807, 2.05) is 0 Å². The van der Waals surface area contributed by atoms with Crippen LogP contribution in [0.2, 0.25) is 5.02 Å². The van der Waals surface area contributed by atoms with Crippen molar-refractivity contribution < 1.29 is 35.9 Å². The smallest absolute Gasteiger partial charge is 0.416 e. The number of sulfonamides is 1. The molecular weight excluding hydrogens is 533 g/mol. The highest BCUT2D eigenvalue weighted by Gasteiger charge is 2.34. The first-order chi connectivity index (χ1) is 17.3. The van der Waals surface area contributed by atoms with Crippen LogP contribution >= 0.6 is 11.6 Å². The number of ether oxygens (including phenoxy) is 1. The Balaban J connectivity index is 2.03. The van der Waals surface area contributed by atoms with Gasteiger partial charge in [-0.25, -0.2) is 13.2 Å². The van der Waals surface area contributed by atoms with Crippen LogP contribution < -0.4 is 9.62 Å². The Bertz CT molecular complexity index is 1410. The summed E-state index contributed by atoms with van der Waals surface area (Å²) < 4.78 is 72.6. The average Bonchev–Trinajstić information content (AvgIpc) is 2.84. The van der Waals surface area contributed by atoms with Crippen LogP contribution in [-0.2, 0) is 25.7 Å². The van der Waals surface area contributed by atoms with E-state index in [2.05, 4.69) is 5.32 Å². The third kappa shape index (κ3) is 6.60. The Morgan fingerprint density at radius 3 is 2.32 bits per heavy atom. The summed E-state index contributed by atoms with van der Waals surface area (Å²) in [4.78, 5) is 24.8. The number of carbonyl (C=O) groups is 2. The average molecular weight is 555 g/mol. The van der Waals surface area contributed by atoms with Gasteiger partial charge < -0.3 is 10.1 Å². The number of esters is 1. The molecule has 0 aromatic heterocycles. The summed E-state index contributed by atoms with van der Waals surface area (Å²) in [5.74, 6) is -1.50. The lowest BCUT2D eigenvalue weighted by Crippen LogP contribution is -2.38. The van der Waals surface area contributed by atoms with Crippen molar-refractivity contribution in [2.24, 2.45) is 0 Å². The third-order valence-corrected chi connectivity index (χ3v) is 7.28. The summed E-state index contributed by atoms with van der Waals surface area (Å²) in [6.45, 7) is 2.52. The van der Waals surface area contributed by atoms with E-state index in [4.69, 9.17) is 16.3 Å². The van der Waals surface area contributed by atoms with E-state index >= 15 is 0 Å². The molecule has 0 fully saturated rings. The Labute approximate surface area is 216 Å². The SMILES string of the molecule is CCOC(=O)c1ccc(C)c(NC(=O)CN(c2cc(C(F)(F)F)ccc2Cl)S(=O)(=O)c2ccccc2)c1. The fourth-order valence-electron chi connectivity index (χ4n) is 3.32.